The summed E-state index contributed by atoms with van der Waals surface area (Å²) >= 11 is 5.88. The maximum absolute atomic E-state index is 11.0. The van der Waals surface area contributed by atoms with Crippen LogP contribution in [-0.2, 0) is 9.53 Å². The van der Waals surface area contributed by atoms with Gasteiger partial charge in [-0.05, 0) is 5.56 Å². The van der Waals surface area contributed by atoms with Gasteiger partial charge in [-0.25, -0.2) is 4.79 Å². The molecule has 3 nitrogen and oxygen atoms in total. The summed E-state index contributed by atoms with van der Waals surface area (Å²) in [7, 11) is 1.21. The maximum Gasteiger partial charge on any atom is 0.336 e. The number of methoxy groups -OCH3 is 1. The lowest BCUT2D eigenvalue weighted by Gasteiger charge is -2.14. The molecule has 0 aliphatic carbocycles. The number of halogens is 1. The van der Waals surface area contributed by atoms with Crippen molar-refractivity contribution >= 4 is 17.6 Å². The van der Waals surface area contributed by atoms with Crippen molar-refractivity contribution in [1.82, 2.24) is 0 Å². The summed E-state index contributed by atoms with van der Waals surface area (Å²) in [5.41, 5.74) is 0.687. The Morgan fingerprint density at radius 3 is 2.50 bits per heavy atom. The Balaban J connectivity index is 2.75. The summed E-state index contributed by atoms with van der Waals surface area (Å²) in [6, 6.07) is 8.88. The summed E-state index contributed by atoms with van der Waals surface area (Å²) in [5, 5.41) is 8.66. The fraction of sp³-hybridized carbons (Fsp3) is 0.300. The van der Waals surface area contributed by atoms with Gasteiger partial charge >= 0.3 is 5.97 Å². The zero-order chi connectivity index (χ0) is 10.6. The van der Waals surface area contributed by atoms with Crippen LogP contribution in [0.2, 0.25) is 0 Å². The largest absolute Gasteiger partial charge is 0.467 e. The van der Waals surface area contributed by atoms with Crippen LogP contribution in [0.25, 0.3) is 0 Å². The predicted molar refractivity (Wildman–Crippen MR) is 53.1 cm³/mol. The lowest BCUT2D eigenvalue weighted by molar-refractivity contribution is -0.150. The first-order valence-electron chi connectivity index (χ1n) is 4.11. The third kappa shape index (κ3) is 2.47. The number of ether oxygens (including phenoxy) is 1. The molecule has 1 aromatic carbocycles. The number of aliphatic hydroxyl groups is 1. The van der Waals surface area contributed by atoms with Crippen LogP contribution in [0.1, 0.15) is 10.9 Å². The first kappa shape index (κ1) is 11.0. The zero-order valence-corrected chi connectivity index (χ0v) is 8.44. The van der Waals surface area contributed by atoms with Crippen molar-refractivity contribution in [3.8, 4) is 0 Å². The molecule has 14 heavy (non-hydrogen) atoms. The molecule has 0 saturated carbocycles. The molecule has 0 spiro atoms. The summed E-state index contributed by atoms with van der Waals surface area (Å²) in [4.78, 5) is 11.0. The number of rotatable bonds is 3. The van der Waals surface area contributed by atoms with Crippen molar-refractivity contribution in [1.29, 1.82) is 0 Å². The number of carbonyl (C=O) groups is 1. The van der Waals surface area contributed by atoms with E-state index in [-0.39, 0.29) is 0 Å². The summed E-state index contributed by atoms with van der Waals surface area (Å²) in [5.74, 6) is -0.728. The number of esters is 1. The average Bonchev–Trinajstić information content (AvgIpc) is 2.27. The van der Waals surface area contributed by atoms with Crippen molar-refractivity contribution in [2.45, 2.75) is 11.5 Å². The van der Waals surface area contributed by atoms with E-state index in [0.717, 1.165) is 0 Å². The number of benzene rings is 1. The van der Waals surface area contributed by atoms with Crippen molar-refractivity contribution in [3.63, 3.8) is 0 Å². The normalized spacial score (nSPS) is 14.5. The third-order valence-electron chi connectivity index (χ3n) is 1.84. The highest BCUT2D eigenvalue weighted by molar-refractivity contribution is 6.22. The first-order chi connectivity index (χ1) is 6.66. The minimum absolute atomic E-state index is 0.687. The molecule has 0 bridgehead atoms. The second-order valence-electron chi connectivity index (χ2n) is 2.78. The van der Waals surface area contributed by atoms with E-state index >= 15 is 0 Å². The third-order valence-corrected chi connectivity index (χ3v) is 2.33. The van der Waals surface area contributed by atoms with E-state index in [1.165, 1.54) is 7.11 Å². The Bertz CT molecular complexity index is 299. The van der Waals surface area contributed by atoms with Crippen molar-refractivity contribution < 1.29 is 14.6 Å². The van der Waals surface area contributed by atoms with Crippen LogP contribution in [0.5, 0.6) is 0 Å². The molecular formula is C10H11ClO3. The number of hydrogen-bond acceptors (Lipinski definition) is 3. The molecule has 4 heteroatoms. The van der Waals surface area contributed by atoms with Crippen molar-refractivity contribution in [3.05, 3.63) is 35.9 Å². The first-order valence-corrected chi connectivity index (χ1v) is 4.55. The Labute approximate surface area is 87.3 Å². The summed E-state index contributed by atoms with van der Waals surface area (Å²) in [6.45, 7) is 0. The van der Waals surface area contributed by atoms with E-state index in [1.807, 2.05) is 6.07 Å². The van der Waals surface area contributed by atoms with E-state index in [1.54, 1.807) is 24.3 Å². The van der Waals surface area contributed by atoms with Gasteiger partial charge in [0, 0.05) is 0 Å². The topological polar surface area (TPSA) is 46.5 Å². The Hall–Kier alpha value is -1.06. The van der Waals surface area contributed by atoms with Gasteiger partial charge in [-0.3, -0.25) is 0 Å². The van der Waals surface area contributed by atoms with E-state index in [4.69, 9.17) is 11.6 Å². The Morgan fingerprint density at radius 1 is 1.43 bits per heavy atom. The molecule has 0 aliphatic rings. The molecule has 0 saturated heterocycles. The van der Waals surface area contributed by atoms with Gasteiger partial charge in [0.1, 0.15) is 0 Å². The van der Waals surface area contributed by atoms with Crippen LogP contribution in [0.4, 0.5) is 0 Å². The molecule has 1 N–H and O–H groups in total. The summed E-state index contributed by atoms with van der Waals surface area (Å²) < 4.78 is 4.38. The lowest BCUT2D eigenvalue weighted by atomic mass is 10.1. The van der Waals surface area contributed by atoms with Crippen LogP contribution in [0.3, 0.4) is 0 Å². The minimum Gasteiger partial charge on any atom is -0.467 e. The van der Waals surface area contributed by atoms with Crippen LogP contribution in [0.15, 0.2) is 30.3 Å². The molecule has 1 aromatic rings. The van der Waals surface area contributed by atoms with Gasteiger partial charge in [0.05, 0.1) is 12.5 Å². The quantitative estimate of drug-likeness (QED) is 0.613. The fourth-order valence-corrected chi connectivity index (χ4v) is 1.31. The molecule has 76 valence electrons. The van der Waals surface area contributed by atoms with E-state index in [2.05, 4.69) is 4.74 Å². The van der Waals surface area contributed by atoms with Crippen LogP contribution < -0.4 is 0 Å². The van der Waals surface area contributed by atoms with Gasteiger partial charge in [-0.1, -0.05) is 30.3 Å². The van der Waals surface area contributed by atoms with Crippen LogP contribution in [-0.4, -0.2) is 24.3 Å². The van der Waals surface area contributed by atoms with Crippen LogP contribution >= 0.6 is 11.6 Å². The van der Waals surface area contributed by atoms with E-state index in [9.17, 15) is 9.90 Å². The number of alkyl halides is 1. The fourth-order valence-electron chi connectivity index (χ4n) is 1.06. The van der Waals surface area contributed by atoms with Crippen molar-refractivity contribution in [2.75, 3.05) is 7.11 Å². The van der Waals surface area contributed by atoms with E-state index < -0.39 is 17.5 Å². The number of aliphatic hydroxyl groups excluding tert-OH is 1. The lowest BCUT2D eigenvalue weighted by Crippen LogP contribution is -2.26. The Kier molecular flexibility index (Phi) is 3.92. The van der Waals surface area contributed by atoms with E-state index in [0.29, 0.717) is 5.56 Å². The molecular weight excluding hydrogens is 204 g/mol. The molecule has 0 unspecified atom stereocenters. The molecule has 0 aromatic heterocycles. The highest BCUT2D eigenvalue weighted by Gasteiger charge is 2.26. The van der Waals surface area contributed by atoms with Gasteiger partial charge in [-0.2, -0.15) is 0 Å². The maximum atomic E-state index is 11.0. The molecule has 0 fully saturated rings. The smallest absolute Gasteiger partial charge is 0.336 e. The van der Waals surface area contributed by atoms with Gasteiger partial charge in [0.2, 0.25) is 0 Å². The van der Waals surface area contributed by atoms with Gasteiger partial charge in [-0.15, -0.1) is 11.6 Å². The van der Waals surface area contributed by atoms with Gasteiger partial charge < -0.3 is 9.84 Å². The zero-order valence-electron chi connectivity index (χ0n) is 7.68. The number of carbonyl (C=O) groups excluding carboxylic acids is 1. The second-order valence-corrected chi connectivity index (χ2v) is 3.25. The Morgan fingerprint density at radius 2 is 2.00 bits per heavy atom. The molecule has 1 rings (SSSR count). The molecule has 0 aliphatic heterocycles. The SMILES string of the molecule is COC(=O)[C@H](O)[C@H](Cl)c1ccccc1. The second kappa shape index (κ2) is 4.98. The average molecular weight is 215 g/mol. The number of hydrogen-bond donors (Lipinski definition) is 1. The predicted octanol–water partition coefficient (Wildman–Crippen LogP) is 1.50. The highest BCUT2D eigenvalue weighted by atomic mass is 35.5. The molecule has 0 radical (unpaired) electrons. The van der Waals surface area contributed by atoms with Crippen LogP contribution in [0, 0.1) is 0 Å². The molecule has 2 atom stereocenters. The highest BCUT2D eigenvalue weighted by Crippen LogP contribution is 2.24. The van der Waals surface area contributed by atoms with Gasteiger partial charge in [0.25, 0.3) is 0 Å². The minimum atomic E-state index is -1.33. The van der Waals surface area contributed by atoms with Gasteiger partial charge in [0.15, 0.2) is 6.10 Å². The summed E-state index contributed by atoms with van der Waals surface area (Å²) in [6.07, 6.45) is -1.33. The standard InChI is InChI=1S/C10H11ClO3/c1-14-10(13)9(12)8(11)7-5-3-2-4-6-7/h2-6,8-9,12H,1H3/t8-,9-/m1/s1. The molecule has 0 amide bonds. The monoisotopic (exact) mass is 214 g/mol. The molecule has 0 heterocycles. The van der Waals surface area contributed by atoms with Crippen molar-refractivity contribution in [2.24, 2.45) is 0 Å².